The fraction of sp³-hybridized carbons (Fsp3) is 0.176. The third kappa shape index (κ3) is 3.01. The third-order valence-electron chi connectivity index (χ3n) is 3.55. The lowest BCUT2D eigenvalue weighted by Crippen LogP contribution is -2.04. The minimum absolute atomic E-state index is 0.160. The summed E-state index contributed by atoms with van der Waals surface area (Å²) in [5.41, 5.74) is 1.51. The van der Waals surface area contributed by atoms with Gasteiger partial charge in [-0.1, -0.05) is 18.2 Å². The molecule has 0 fully saturated rings. The van der Waals surface area contributed by atoms with Gasteiger partial charge in [0.05, 0.1) is 19.7 Å². The molecule has 3 aromatic rings. The van der Waals surface area contributed by atoms with Crippen molar-refractivity contribution in [1.29, 1.82) is 0 Å². The predicted octanol–water partition coefficient (Wildman–Crippen LogP) is 3.40. The minimum atomic E-state index is -0.450. The summed E-state index contributed by atoms with van der Waals surface area (Å²) in [5, 5.41) is 3.94. The molecule has 2 aromatic carbocycles. The first-order valence-electron chi connectivity index (χ1n) is 7.07. The number of fused-ring (bicyclic) bond motifs is 1. The largest absolute Gasteiger partial charge is 0.496 e. The van der Waals surface area contributed by atoms with Crippen molar-refractivity contribution in [2.24, 2.45) is 0 Å². The van der Waals surface area contributed by atoms with Crippen molar-refractivity contribution in [1.82, 2.24) is 9.97 Å². The Morgan fingerprint density at radius 1 is 1.04 bits per heavy atom. The van der Waals surface area contributed by atoms with E-state index in [1.165, 1.54) is 19.5 Å². The maximum Gasteiger partial charge on any atom is 0.167 e. The average Bonchev–Trinajstić information content (AvgIpc) is 2.59. The van der Waals surface area contributed by atoms with E-state index in [-0.39, 0.29) is 5.75 Å². The van der Waals surface area contributed by atoms with Gasteiger partial charge in [0, 0.05) is 23.6 Å². The van der Waals surface area contributed by atoms with Gasteiger partial charge in [-0.2, -0.15) is 0 Å². The molecule has 0 aliphatic carbocycles. The number of halogens is 1. The summed E-state index contributed by atoms with van der Waals surface area (Å²) >= 11 is 0. The zero-order valence-electron chi connectivity index (χ0n) is 12.8. The number of rotatable bonds is 5. The van der Waals surface area contributed by atoms with Crippen LogP contribution >= 0.6 is 0 Å². The number of nitrogens with one attached hydrogen (secondary N) is 1. The second kappa shape index (κ2) is 6.48. The topological polar surface area (TPSA) is 56.3 Å². The molecule has 6 heteroatoms. The van der Waals surface area contributed by atoms with Crippen LogP contribution in [0.1, 0.15) is 5.56 Å². The summed E-state index contributed by atoms with van der Waals surface area (Å²) in [6, 6.07) is 10.6. The van der Waals surface area contributed by atoms with Gasteiger partial charge >= 0.3 is 0 Å². The molecule has 0 atom stereocenters. The molecule has 0 amide bonds. The average molecular weight is 313 g/mol. The molecular formula is C17H16FN3O2. The highest BCUT2D eigenvalue weighted by Gasteiger charge is 2.10. The highest BCUT2D eigenvalue weighted by molar-refractivity contribution is 5.90. The molecule has 118 valence electrons. The van der Waals surface area contributed by atoms with Crippen LogP contribution in [0, 0.1) is 5.82 Å². The van der Waals surface area contributed by atoms with Gasteiger partial charge in [-0.15, -0.1) is 0 Å². The van der Waals surface area contributed by atoms with Crippen molar-refractivity contribution in [2.45, 2.75) is 6.54 Å². The predicted molar refractivity (Wildman–Crippen MR) is 86.4 cm³/mol. The first kappa shape index (κ1) is 15.0. The van der Waals surface area contributed by atoms with Crippen LogP contribution in [0.3, 0.4) is 0 Å². The molecule has 0 aliphatic heterocycles. The number of hydrogen-bond acceptors (Lipinski definition) is 5. The van der Waals surface area contributed by atoms with Crippen LogP contribution in [0.25, 0.3) is 10.9 Å². The van der Waals surface area contributed by atoms with Crippen LogP contribution in [-0.2, 0) is 6.54 Å². The Bertz CT molecular complexity index is 839. The fourth-order valence-corrected chi connectivity index (χ4v) is 2.38. The van der Waals surface area contributed by atoms with Gasteiger partial charge in [-0.3, -0.25) is 0 Å². The number of aromatic nitrogens is 2. The molecule has 0 spiro atoms. The molecule has 5 nitrogen and oxygen atoms in total. The Hall–Kier alpha value is -2.89. The summed E-state index contributed by atoms with van der Waals surface area (Å²) in [6.45, 7) is 0.524. The molecule has 0 aliphatic rings. The van der Waals surface area contributed by atoms with E-state index < -0.39 is 5.82 Å². The summed E-state index contributed by atoms with van der Waals surface area (Å²) < 4.78 is 24.1. The third-order valence-corrected chi connectivity index (χ3v) is 3.55. The molecule has 0 radical (unpaired) electrons. The second-order valence-corrected chi connectivity index (χ2v) is 4.89. The quantitative estimate of drug-likeness (QED) is 0.782. The molecule has 1 N–H and O–H groups in total. The van der Waals surface area contributed by atoms with Gasteiger partial charge in [-0.25, -0.2) is 14.4 Å². The number of hydrogen-bond donors (Lipinski definition) is 1. The molecule has 3 rings (SSSR count). The lowest BCUT2D eigenvalue weighted by molar-refractivity contribution is 0.387. The lowest BCUT2D eigenvalue weighted by Gasteiger charge is -2.12. The van der Waals surface area contributed by atoms with Crippen LogP contribution in [0.2, 0.25) is 0 Å². The molecule has 1 aromatic heterocycles. The van der Waals surface area contributed by atoms with E-state index in [0.29, 0.717) is 23.3 Å². The van der Waals surface area contributed by atoms with Gasteiger partial charge < -0.3 is 14.8 Å². The van der Waals surface area contributed by atoms with E-state index in [2.05, 4.69) is 15.3 Å². The molecule has 0 bridgehead atoms. The van der Waals surface area contributed by atoms with E-state index >= 15 is 0 Å². The molecule has 0 unspecified atom stereocenters. The highest BCUT2D eigenvalue weighted by atomic mass is 19.1. The number of benzene rings is 2. The number of nitrogens with zero attached hydrogens (tertiary/aromatic N) is 2. The highest BCUT2D eigenvalue weighted by Crippen LogP contribution is 2.28. The second-order valence-electron chi connectivity index (χ2n) is 4.89. The van der Waals surface area contributed by atoms with Crippen LogP contribution in [0.5, 0.6) is 11.5 Å². The smallest absolute Gasteiger partial charge is 0.167 e. The zero-order chi connectivity index (χ0) is 16.2. The summed E-state index contributed by atoms with van der Waals surface area (Å²) in [4.78, 5) is 8.34. The molecule has 0 saturated carbocycles. The first-order chi connectivity index (χ1) is 11.2. The van der Waals surface area contributed by atoms with E-state index in [0.717, 1.165) is 11.3 Å². The molecular weight excluding hydrogens is 297 g/mol. The normalized spacial score (nSPS) is 10.6. The Morgan fingerprint density at radius 3 is 2.61 bits per heavy atom. The van der Waals surface area contributed by atoms with Crippen molar-refractivity contribution in [3.63, 3.8) is 0 Å². The van der Waals surface area contributed by atoms with Gasteiger partial charge in [-0.05, 0) is 12.1 Å². The molecule has 0 saturated heterocycles. The van der Waals surface area contributed by atoms with Crippen LogP contribution in [0.4, 0.5) is 10.2 Å². The monoisotopic (exact) mass is 313 g/mol. The Labute approximate surface area is 133 Å². The van der Waals surface area contributed by atoms with Gasteiger partial charge in [0.15, 0.2) is 11.6 Å². The van der Waals surface area contributed by atoms with Crippen LogP contribution < -0.4 is 14.8 Å². The fourth-order valence-electron chi connectivity index (χ4n) is 2.38. The number of ether oxygens (including phenoxy) is 2. The van der Waals surface area contributed by atoms with Crippen molar-refractivity contribution < 1.29 is 13.9 Å². The van der Waals surface area contributed by atoms with E-state index in [1.807, 2.05) is 24.3 Å². The van der Waals surface area contributed by atoms with Crippen molar-refractivity contribution in [3.05, 3.63) is 54.1 Å². The summed E-state index contributed by atoms with van der Waals surface area (Å²) in [5.74, 6) is 1.11. The maximum atomic E-state index is 13.8. The first-order valence-corrected chi connectivity index (χ1v) is 7.07. The maximum absolute atomic E-state index is 13.8. The lowest BCUT2D eigenvalue weighted by atomic mass is 10.2. The number of para-hydroxylation sites is 1. The van der Waals surface area contributed by atoms with E-state index in [1.54, 1.807) is 13.2 Å². The van der Waals surface area contributed by atoms with Gasteiger partial charge in [0.2, 0.25) is 0 Å². The summed E-state index contributed by atoms with van der Waals surface area (Å²) in [7, 11) is 3.06. The molecule has 1 heterocycles. The Morgan fingerprint density at radius 2 is 1.83 bits per heavy atom. The van der Waals surface area contributed by atoms with Gasteiger partial charge in [0.25, 0.3) is 0 Å². The Balaban J connectivity index is 1.94. The summed E-state index contributed by atoms with van der Waals surface area (Å²) in [6.07, 6.45) is 1.40. The van der Waals surface area contributed by atoms with Gasteiger partial charge in [0.1, 0.15) is 17.9 Å². The number of methoxy groups -OCH3 is 2. The van der Waals surface area contributed by atoms with Crippen molar-refractivity contribution in [3.8, 4) is 11.5 Å². The van der Waals surface area contributed by atoms with E-state index in [4.69, 9.17) is 9.47 Å². The standard InChI is InChI=1S/C17H16FN3O2/c1-22-15-6-4-3-5-11(15)9-19-17-12-7-16(23-2)13(18)8-14(12)20-10-21-17/h3-8,10H,9H2,1-2H3,(H,19,20,21). The minimum Gasteiger partial charge on any atom is -0.496 e. The zero-order valence-corrected chi connectivity index (χ0v) is 12.8. The van der Waals surface area contributed by atoms with E-state index in [9.17, 15) is 4.39 Å². The van der Waals surface area contributed by atoms with Crippen LogP contribution in [-0.4, -0.2) is 24.2 Å². The SMILES string of the molecule is COc1cc2c(NCc3ccccc3OC)ncnc2cc1F. The van der Waals surface area contributed by atoms with Crippen LogP contribution in [0.15, 0.2) is 42.7 Å². The van der Waals surface area contributed by atoms with Crippen molar-refractivity contribution >= 4 is 16.7 Å². The molecule has 23 heavy (non-hydrogen) atoms. The Kier molecular flexibility index (Phi) is 4.23. The number of anilines is 1. The van der Waals surface area contributed by atoms with Crippen molar-refractivity contribution in [2.75, 3.05) is 19.5 Å².